The molecule has 0 amide bonds. The monoisotopic (exact) mass is 611 g/mol. The van der Waals surface area contributed by atoms with Crippen molar-refractivity contribution in [3.63, 3.8) is 0 Å². The Morgan fingerprint density at radius 3 is 1.98 bits per heavy atom. The number of hydrogen-bond acceptors (Lipinski definition) is 2. The van der Waals surface area contributed by atoms with Crippen LogP contribution in [0.3, 0.4) is 0 Å². The molecule has 0 unspecified atom stereocenters. The topological polar surface area (TPSA) is 3.24 Å². The smallest absolute Gasteiger partial charge is 0.0652 e. The molecule has 46 heavy (non-hydrogen) atoms. The molecule has 1 nitrogen and oxygen atoms in total. The molecule has 0 spiro atoms. The molecule has 9 rings (SSSR count). The highest BCUT2D eigenvalue weighted by Gasteiger charge is 2.18. The van der Waals surface area contributed by atoms with Crippen LogP contribution in [0.15, 0.2) is 176 Å². The first-order valence-electron chi connectivity index (χ1n) is 19.0. The van der Waals surface area contributed by atoms with Gasteiger partial charge >= 0.3 is 0 Å². The van der Waals surface area contributed by atoms with Crippen molar-refractivity contribution in [3.05, 3.63) is 176 Å². The van der Waals surface area contributed by atoms with E-state index in [2.05, 4.69) is 30.3 Å². The van der Waals surface area contributed by atoms with Gasteiger partial charge in [-0.1, -0.05) is 121 Å². The summed E-state index contributed by atoms with van der Waals surface area (Å²) in [5.74, 6) is 0. The van der Waals surface area contributed by atoms with Gasteiger partial charge in [-0.3, -0.25) is 0 Å². The van der Waals surface area contributed by atoms with Gasteiger partial charge in [0.05, 0.1) is 11.0 Å². The van der Waals surface area contributed by atoms with Gasteiger partial charge in [-0.25, -0.2) is 0 Å². The standard InChI is InChI=1S/C44H29NS/c1-3-12-32(13-4-1)43-39-18-10-9-15-35(39)28-42-44(43)40-29-38(25-26-41(40)46-42)45(36-16-5-2-6-17-36)37-23-21-31(22-24-37)34-20-19-30-11-7-8-14-33(30)27-34/h1-29H/i9D,10D,15D,18D,25D,26D,28D,29D. The second kappa shape index (κ2) is 11.0. The van der Waals surface area contributed by atoms with Gasteiger partial charge in [-0.05, 0) is 98.3 Å². The fraction of sp³-hybridized carbons (Fsp3) is 0. The molecule has 0 saturated carbocycles. The van der Waals surface area contributed by atoms with E-state index in [1.807, 2.05) is 102 Å². The maximum Gasteiger partial charge on any atom is 0.0652 e. The molecule has 8 aromatic carbocycles. The number of para-hydroxylation sites is 1. The lowest BCUT2D eigenvalue weighted by Gasteiger charge is -2.26. The second-order valence-corrected chi connectivity index (χ2v) is 12.2. The molecule has 0 aliphatic carbocycles. The maximum absolute atomic E-state index is 9.92. The van der Waals surface area contributed by atoms with Crippen LogP contribution in [0.4, 0.5) is 17.1 Å². The van der Waals surface area contributed by atoms with Crippen LogP contribution in [-0.2, 0) is 0 Å². The number of hydrogen-bond donors (Lipinski definition) is 0. The van der Waals surface area contributed by atoms with Crippen LogP contribution in [0.25, 0.3) is 64.0 Å². The van der Waals surface area contributed by atoms with Crippen molar-refractivity contribution in [2.45, 2.75) is 0 Å². The third kappa shape index (κ3) is 4.54. The summed E-state index contributed by atoms with van der Waals surface area (Å²) in [4.78, 5) is 1.83. The van der Waals surface area contributed by atoms with E-state index in [0.29, 0.717) is 42.7 Å². The zero-order chi connectivity index (χ0) is 37.4. The van der Waals surface area contributed by atoms with Gasteiger partial charge in [-0.2, -0.15) is 0 Å². The molecule has 0 saturated heterocycles. The van der Waals surface area contributed by atoms with Gasteiger partial charge < -0.3 is 4.90 Å². The Bertz CT molecular complexity index is 2960. The van der Waals surface area contributed by atoms with Gasteiger partial charge in [0, 0.05) is 37.2 Å². The Hall–Kier alpha value is -5.70. The van der Waals surface area contributed by atoms with Crippen molar-refractivity contribution in [1.82, 2.24) is 0 Å². The molecule has 0 N–H and O–H groups in total. The van der Waals surface area contributed by atoms with E-state index in [4.69, 9.17) is 5.48 Å². The van der Waals surface area contributed by atoms with E-state index < -0.39 is 12.1 Å². The molecule has 9 aromatic rings. The van der Waals surface area contributed by atoms with E-state index in [1.54, 1.807) is 0 Å². The minimum absolute atomic E-state index is 0.0172. The molecule has 1 heterocycles. The molecule has 0 radical (unpaired) electrons. The van der Waals surface area contributed by atoms with Gasteiger partial charge in [0.1, 0.15) is 0 Å². The first-order valence-corrected chi connectivity index (χ1v) is 15.9. The number of fused-ring (bicyclic) bond motifs is 5. The summed E-state index contributed by atoms with van der Waals surface area (Å²) >= 11 is 1.12. The Morgan fingerprint density at radius 1 is 0.457 bits per heavy atom. The van der Waals surface area contributed by atoms with Crippen molar-refractivity contribution in [1.29, 1.82) is 0 Å². The van der Waals surface area contributed by atoms with Crippen LogP contribution in [0.1, 0.15) is 11.0 Å². The van der Waals surface area contributed by atoms with Crippen LogP contribution in [-0.4, -0.2) is 0 Å². The zero-order valence-electron chi connectivity index (χ0n) is 32.5. The molecule has 0 atom stereocenters. The number of anilines is 3. The van der Waals surface area contributed by atoms with Gasteiger partial charge in [0.25, 0.3) is 0 Å². The van der Waals surface area contributed by atoms with E-state index in [0.717, 1.165) is 33.2 Å². The summed E-state index contributed by atoms with van der Waals surface area (Å²) in [6.07, 6.45) is 0. The lowest BCUT2D eigenvalue weighted by Crippen LogP contribution is -2.09. The predicted octanol–water partition coefficient (Wildman–Crippen LogP) is 13.2. The molecule has 1 aromatic heterocycles. The predicted molar refractivity (Wildman–Crippen MR) is 200 cm³/mol. The summed E-state index contributed by atoms with van der Waals surface area (Å²) in [7, 11) is 0. The van der Waals surface area contributed by atoms with Gasteiger partial charge in [-0.15, -0.1) is 11.3 Å². The normalized spacial score (nSPS) is 13.9. The van der Waals surface area contributed by atoms with Crippen LogP contribution in [0.5, 0.6) is 0 Å². The molecular weight excluding hydrogens is 575 g/mol. The summed E-state index contributed by atoms with van der Waals surface area (Å²) in [5, 5.41) is 3.39. The average molecular weight is 612 g/mol. The highest BCUT2D eigenvalue weighted by Crippen LogP contribution is 2.46. The molecule has 0 aliphatic heterocycles. The summed E-state index contributed by atoms with van der Waals surface area (Å²) in [6, 6.07) is 39.4. The van der Waals surface area contributed by atoms with Crippen molar-refractivity contribution in [2.75, 3.05) is 4.90 Å². The van der Waals surface area contributed by atoms with Crippen LogP contribution in [0, 0.1) is 0 Å². The van der Waals surface area contributed by atoms with E-state index in [-0.39, 0.29) is 52.7 Å². The fourth-order valence-electron chi connectivity index (χ4n) is 6.22. The molecule has 0 aliphatic rings. The van der Waals surface area contributed by atoms with Gasteiger partial charge in [0.15, 0.2) is 0 Å². The van der Waals surface area contributed by atoms with Crippen molar-refractivity contribution in [3.8, 4) is 22.3 Å². The number of benzene rings is 8. The minimum atomic E-state index is -0.427. The summed E-state index contributed by atoms with van der Waals surface area (Å²) < 4.78 is 73.7. The second-order valence-electron chi connectivity index (χ2n) is 11.1. The lowest BCUT2D eigenvalue weighted by atomic mass is 9.93. The third-order valence-electron chi connectivity index (χ3n) is 8.38. The van der Waals surface area contributed by atoms with Gasteiger partial charge in [0.2, 0.25) is 0 Å². The van der Waals surface area contributed by atoms with Crippen molar-refractivity contribution in [2.24, 2.45) is 0 Å². The minimum Gasteiger partial charge on any atom is -0.310 e. The highest BCUT2D eigenvalue weighted by atomic mass is 32.1. The number of rotatable bonds is 5. The first-order chi connectivity index (χ1) is 26.2. The quantitative estimate of drug-likeness (QED) is 0.187. The van der Waals surface area contributed by atoms with Crippen molar-refractivity contribution >= 4 is 70.1 Å². The number of nitrogens with zero attached hydrogens (tertiary/aromatic N) is 1. The van der Waals surface area contributed by atoms with Crippen LogP contribution >= 0.6 is 11.3 Å². The summed E-state index contributed by atoms with van der Waals surface area (Å²) in [6.45, 7) is 0. The zero-order valence-corrected chi connectivity index (χ0v) is 25.3. The van der Waals surface area contributed by atoms with Crippen LogP contribution < -0.4 is 4.90 Å². The highest BCUT2D eigenvalue weighted by molar-refractivity contribution is 7.26. The molecule has 216 valence electrons. The summed E-state index contributed by atoms with van der Waals surface area (Å²) in [5.41, 5.74) is 4.76. The Balaban J connectivity index is 1.35. The average Bonchev–Trinajstić information content (AvgIpc) is 3.62. The molecular formula is C44H29NS. The first kappa shape index (κ1) is 19.6. The fourth-order valence-corrected chi connectivity index (χ4v) is 7.25. The molecule has 0 fully saturated rings. The maximum atomic E-state index is 9.92. The Morgan fingerprint density at radius 2 is 1.15 bits per heavy atom. The van der Waals surface area contributed by atoms with E-state index >= 15 is 0 Å². The largest absolute Gasteiger partial charge is 0.310 e. The van der Waals surface area contributed by atoms with Crippen molar-refractivity contribution < 1.29 is 11.0 Å². The van der Waals surface area contributed by atoms with E-state index in [1.165, 1.54) is 0 Å². The SMILES string of the molecule is [2H]c1c(N(c2ccccc2)c2ccc(-c3ccc4ccccc4c3)cc2)c([2H])c2c(sc3c([2H])c4c([2H])c([2H])c([2H])c([2H])c4c(-c4ccccc4)c32)c1[2H]. The Kier molecular flexibility index (Phi) is 4.71. The number of thiophene rings is 1. The lowest BCUT2D eigenvalue weighted by molar-refractivity contribution is 1.29. The Labute approximate surface area is 283 Å². The third-order valence-corrected chi connectivity index (χ3v) is 9.40. The van der Waals surface area contributed by atoms with Crippen LogP contribution in [0.2, 0.25) is 0 Å². The molecule has 0 bridgehead atoms. The molecule has 2 heteroatoms. The van der Waals surface area contributed by atoms with E-state index in [9.17, 15) is 5.48 Å².